The van der Waals surface area contributed by atoms with E-state index in [2.05, 4.69) is 62.2 Å². The molecule has 0 aliphatic rings. The summed E-state index contributed by atoms with van der Waals surface area (Å²) in [6.45, 7) is 13.8. The summed E-state index contributed by atoms with van der Waals surface area (Å²) in [6.07, 6.45) is 3.09. The molecule has 0 spiro atoms. The van der Waals surface area contributed by atoms with Crippen molar-refractivity contribution in [2.45, 2.75) is 77.8 Å². The minimum atomic E-state index is -1.35. The average molecular weight is 395 g/mol. The number of hydrogen-bond donors (Lipinski definition) is 0. The van der Waals surface area contributed by atoms with Crippen molar-refractivity contribution in [1.29, 1.82) is 0 Å². The Morgan fingerprint density at radius 1 is 0.692 bits per heavy atom. The van der Waals surface area contributed by atoms with Gasteiger partial charge in [0.1, 0.15) is 29.4 Å². The Hall–Kier alpha value is -1.51. The Morgan fingerprint density at radius 2 is 1.04 bits per heavy atom. The van der Waals surface area contributed by atoms with E-state index in [1.807, 2.05) is 0 Å². The summed E-state index contributed by atoms with van der Waals surface area (Å²) in [5.41, 5.74) is 6.46. The summed E-state index contributed by atoms with van der Waals surface area (Å²) in [4.78, 5) is 23.2. The Kier molecular flexibility index (Phi) is 12.0. The lowest BCUT2D eigenvalue weighted by Gasteiger charge is -2.05. The molecule has 0 bridgehead atoms. The van der Waals surface area contributed by atoms with Crippen LogP contribution < -0.4 is 0 Å². The van der Waals surface area contributed by atoms with Gasteiger partial charge in [0.05, 0.1) is 0 Å². The fourth-order valence-electron chi connectivity index (χ4n) is 1.77. The van der Waals surface area contributed by atoms with E-state index in [4.69, 9.17) is 9.47 Å². The quantitative estimate of drug-likeness (QED) is 0.255. The third-order valence-electron chi connectivity index (χ3n) is 2.92. The van der Waals surface area contributed by atoms with Crippen molar-refractivity contribution in [2.24, 2.45) is 0 Å². The predicted molar refractivity (Wildman–Crippen MR) is 112 cm³/mol. The molecule has 0 saturated carbocycles. The van der Waals surface area contributed by atoms with Gasteiger partial charge in [0.2, 0.25) is 0 Å². The van der Waals surface area contributed by atoms with Crippen LogP contribution in [-0.4, -0.2) is 41.3 Å². The normalized spacial score (nSPS) is 10.8. The van der Waals surface area contributed by atoms with Gasteiger partial charge in [0, 0.05) is 25.7 Å². The lowest BCUT2D eigenvalue weighted by molar-refractivity contribution is -0.145. The van der Waals surface area contributed by atoms with E-state index in [1.165, 1.54) is 0 Å². The Balaban J connectivity index is 3.65. The number of carbonyl (C=O) groups excluding carboxylic acids is 2. The van der Waals surface area contributed by atoms with Crippen LogP contribution in [0.1, 0.15) is 38.5 Å². The average Bonchev–Trinajstić information content (AvgIpc) is 2.48. The van der Waals surface area contributed by atoms with E-state index in [0.717, 1.165) is 0 Å². The van der Waals surface area contributed by atoms with Crippen LogP contribution >= 0.6 is 0 Å². The number of esters is 2. The van der Waals surface area contributed by atoms with Crippen LogP contribution in [0.3, 0.4) is 0 Å². The van der Waals surface area contributed by atoms with Gasteiger partial charge in [-0.15, -0.1) is 22.9 Å². The zero-order chi connectivity index (χ0) is 20.1. The van der Waals surface area contributed by atoms with Crippen molar-refractivity contribution in [3.8, 4) is 22.9 Å². The van der Waals surface area contributed by atoms with Gasteiger partial charge in [0.25, 0.3) is 0 Å². The van der Waals surface area contributed by atoms with Crippen molar-refractivity contribution in [3.05, 3.63) is 0 Å². The van der Waals surface area contributed by atoms with E-state index >= 15 is 0 Å². The topological polar surface area (TPSA) is 52.6 Å². The SMILES string of the molecule is C[Si](C)(C)C#CCCOC(=O)CCCCC(=O)OCCC#C[Si](C)(C)C. The van der Waals surface area contributed by atoms with Crippen LogP contribution in [0.4, 0.5) is 0 Å². The molecule has 26 heavy (non-hydrogen) atoms. The van der Waals surface area contributed by atoms with Gasteiger partial charge in [-0.25, -0.2) is 0 Å². The second-order valence-corrected chi connectivity index (χ2v) is 17.8. The molecule has 0 radical (unpaired) electrons. The Bertz CT molecular complexity index is 511. The molecule has 146 valence electrons. The first-order valence-electron chi connectivity index (χ1n) is 9.31. The van der Waals surface area contributed by atoms with Crippen LogP contribution in [0, 0.1) is 22.9 Å². The molecule has 0 aliphatic carbocycles. The van der Waals surface area contributed by atoms with Gasteiger partial charge in [-0.3, -0.25) is 9.59 Å². The highest BCUT2D eigenvalue weighted by atomic mass is 28.3. The van der Waals surface area contributed by atoms with Crippen molar-refractivity contribution in [2.75, 3.05) is 13.2 Å². The number of rotatable bonds is 9. The smallest absolute Gasteiger partial charge is 0.305 e. The zero-order valence-electron chi connectivity index (χ0n) is 17.3. The third kappa shape index (κ3) is 18.8. The highest BCUT2D eigenvalue weighted by molar-refractivity contribution is 6.84. The van der Waals surface area contributed by atoms with E-state index in [0.29, 0.717) is 51.7 Å². The molecule has 6 heteroatoms. The summed E-state index contributed by atoms with van der Waals surface area (Å²) < 4.78 is 10.3. The molecule has 0 aromatic heterocycles. The standard InChI is InChI=1S/C20H34O4Si2/c1-25(2,3)17-11-9-15-23-19(21)13-7-8-14-20(22)24-16-10-12-18-26(4,5)6/h7-10,13-16H2,1-6H3. The van der Waals surface area contributed by atoms with E-state index < -0.39 is 16.1 Å². The van der Waals surface area contributed by atoms with Gasteiger partial charge in [-0.05, 0) is 12.8 Å². The van der Waals surface area contributed by atoms with Crippen LogP contribution in [0.25, 0.3) is 0 Å². The molecule has 0 aromatic carbocycles. The monoisotopic (exact) mass is 394 g/mol. The summed E-state index contributed by atoms with van der Waals surface area (Å²) in [6, 6.07) is 0. The van der Waals surface area contributed by atoms with Gasteiger partial charge in [0.15, 0.2) is 0 Å². The Labute approximate surface area is 161 Å². The summed E-state index contributed by atoms with van der Waals surface area (Å²) in [7, 11) is -2.69. The molecule has 0 N–H and O–H groups in total. The largest absolute Gasteiger partial charge is 0.465 e. The molecule has 0 rings (SSSR count). The van der Waals surface area contributed by atoms with Crippen LogP contribution in [0.2, 0.25) is 39.3 Å². The summed E-state index contributed by atoms with van der Waals surface area (Å²) in [5, 5.41) is 0. The van der Waals surface area contributed by atoms with E-state index in [1.54, 1.807) is 0 Å². The molecule has 0 aliphatic heterocycles. The van der Waals surface area contributed by atoms with Crippen molar-refractivity contribution in [1.82, 2.24) is 0 Å². The molecule has 0 atom stereocenters. The fourth-order valence-corrected chi connectivity index (χ4v) is 3.08. The molecule has 0 fully saturated rings. The molecule has 4 nitrogen and oxygen atoms in total. The molecule has 0 heterocycles. The van der Waals surface area contributed by atoms with Gasteiger partial charge in [-0.2, -0.15) is 0 Å². The summed E-state index contributed by atoms with van der Waals surface area (Å²) in [5.74, 6) is 5.68. The van der Waals surface area contributed by atoms with E-state index in [-0.39, 0.29) is 11.9 Å². The number of carbonyl (C=O) groups is 2. The maximum atomic E-state index is 11.6. The molecular weight excluding hydrogens is 360 g/mol. The zero-order valence-corrected chi connectivity index (χ0v) is 19.3. The van der Waals surface area contributed by atoms with Crippen LogP contribution in [0.15, 0.2) is 0 Å². The highest BCUT2D eigenvalue weighted by Crippen LogP contribution is 2.04. The lowest BCUT2D eigenvalue weighted by atomic mass is 10.2. The first-order chi connectivity index (χ1) is 12.0. The second kappa shape index (κ2) is 12.8. The maximum Gasteiger partial charge on any atom is 0.305 e. The van der Waals surface area contributed by atoms with Gasteiger partial charge in [-0.1, -0.05) is 39.3 Å². The number of hydrogen-bond acceptors (Lipinski definition) is 4. The molecule has 0 saturated heterocycles. The van der Waals surface area contributed by atoms with Crippen molar-refractivity contribution in [3.63, 3.8) is 0 Å². The van der Waals surface area contributed by atoms with Crippen LogP contribution in [0.5, 0.6) is 0 Å². The molecule has 0 amide bonds. The third-order valence-corrected chi connectivity index (χ3v) is 4.77. The summed E-state index contributed by atoms with van der Waals surface area (Å²) >= 11 is 0. The molecule has 0 unspecified atom stereocenters. The first-order valence-corrected chi connectivity index (χ1v) is 16.3. The van der Waals surface area contributed by atoms with Crippen molar-refractivity contribution < 1.29 is 19.1 Å². The minimum absolute atomic E-state index is 0.227. The Morgan fingerprint density at radius 3 is 1.35 bits per heavy atom. The molecule has 0 aromatic rings. The first kappa shape index (κ1) is 24.5. The fraction of sp³-hybridized carbons (Fsp3) is 0.700. The van der Waals surface area contributed by atoms with Gasteiger partial charge >= 0.3 is 11.9 Å². The predicted octanol–water partition coefficient (Wildman–Crippen LogP) is 4.18. The maximum absolute atomic E-state index is 11.6. The van der Waals surface area contributed by atoms with Gasteiger partial charge < -0.3 is 9.47 Å². The number of ether oxygens (including phenoxy) is 2. The van der Waals surface area contributed by atoms with Crippen molar-refractivity contribution >= 4 is 28.1 Å². The highest BCUT2D eigenvalue weighted by Gasteiger charge is 2.08. The minimum Gasteiger partial charge on any atom is -0.465 e. The molecular formula is C20H34O4Si2. The van der Waals surface area contributed by atoms with E-state index in [9.17, 15) is 9.59 Å². The second-order valence-electron chi connectivity index (χ2n) is 8.25. The lowest BCUT2D eigenvalue weighted by Crippen LogP contribution is -2.16. The number of unbranched alkanes of at least 4 members (excludes halogenated alkanes) is 1. The van der Waals surface area contributed by atoms with Crippen LogP contribution in [-0.2, 0) is 19.1 Å².